The molecule has 6 heteroatoms. The first-order chi connectivity index (χ1) is 7.28. The van der Waals surface area contributed by atoms with Crippen molar-refractivity contribution in [3.05, 3.63) is 17.3 Å². The van der Waals surface area contributed by atoms with E-state index in [1.54, 1.807) is 40.8 Å². The van der Waals surface area contributed by atoms with Crippen LogP contribution in [-0.2, 0) is 4.74 Å². The van der Waals surface area contributed by atoms with E-state index in [1.807, 2.05) is 0 Å². The second-order valence-corrected chi connectivity index (χ2v) is 4.78. The highest BCUT2D eigenvalue weighted by atomic mass is 35.5. The molecule has 0 atom stereocenters. The lowest BCUT2D eigenvalue weighted by Gasteiger charge is -2.20. The molecular weight excluding hydrogens is 226 g/mol. The summed E-state index contributed by atoms with van der Waals surface area (Å²) in [5.74, 6) is 0. The van der Waals surface area contributed by atoms with Gasteiger partial charge in [0.1, 0.15) is 10.8 Å². The molecule has 16 heavy (non-hydrogen) atoms. The minimum absolute atomic E-state index is 0.396. The molecule has 0 saturated carbocycles. The molecule has 0 unspecified atom stereocenters. The van der Waals surface area contributed by atoms with Crippen molar-refractivity contribution in [2.75, 3.05) is 5.32 Å². The van der Waals surface area contributed by atoms with Gasteiger partial charge in [0.25, 0.3) is 0 Å². The fourth-order valence-corrected chi connectivity index (χ4v) is 1.27. The van der Waals surface area contributed by atoms with E-state index in [0.717, 1.165) is 0 Å². The molecule has 0 fully saturated rings. The zero-order chi connectivity index (χ0) is 12.3. The maximum atomic E-state index is 11.5. The van der Waals surface area contributed by atoms with Gasteiger partial charge >= 0.3 is 6.09 Å². The molecule has 0 aromatic carbocycles. The Balaban J connectivity index is 2.70. The number of nitrogens with zero attached hydrogens (tertiary/aromatic N) is 1. The predicted octanol–water partition coefficient (Wildman–Crippen LogP) is 1.34. The summed E-state index contributed by atoms with van der Waals surface area (Å²) in [6.45, 7) is 5.42. The fourth-order valence-electron chi connectivity index (χ4n) is 1.08. The third-order valence-electron chi connectivity index (χ3n) is 1.69. The molecule has 1 N–H and O–H groups in total. The Bertz CT molecular complexity index is 404. The van der Waals surface area contributed by atoms with Gasteiger partial charge in [0.15, 0.2) is 7.85 Å². The SMILES string of the molecule is Bc1nc(Cl)ccc1NC(=O)OC(C)(C)C. The summed E-state index contributed by atoms with van der Waals surface area (Å²) < 4.78 is 5.12. The molecule has 0 aliphatic carbocycles. The highest BCUT2D eigenvalue weighted by Crippen LogP contribution is 2.11. The molecule has 0 spiro atoms. The van der Waals surface area contributed by atoms with Gasteiger partial charge in [-0.15, -0.1) is 0 Å². The third-order valence-corrected chi connectivity index (χ3v) is 1.90. The van der Waals surface area contributed by atoms with Gasteiger partial charge in [-0.2, -0.15) is 0 Å². The van der Waals surface area contributed by atoms with Crippen LogP contribution in [0.5, 0.6) is 0 Å². The smallest absolute Gasteiger partial charge is 0.412 e. The van der Waals surface area contributed by atoms with Crippen LogP contribution in [0.1, 0.15) is 20.8 Å². The minimum Gasteiger partial charge on any atom is -0.444 e. The topological polar surface area (TPSA) is 51.2 Å². The molecule has 0 aliphatic rings. The van der Waals surface area contributed by atoms with Crippen LogP contribution in [-0.4, -0.2) is 24.5 Å². The second kappa shape index (κ2) is 4.74. The summed E-state index contributed by atoms with van der Waals surface area (Å²) in [6, 6.07) is 3.30. The first-order valence-electron chi connectivity index (χ1n) is 4.91. The van der Waals surface area contributed by atoms with Crippen molar-refractivity contribution in [3.63, 3.8) is 0 Å². The number of pyridine rings is 1. The number of aromatic nitrogens is 1. The lowest BCUT2D eigenvalue weighted by atomic mass is 10.0. The zero-order valence-electron chi connectivity index (χ0n) is 9.80. The summed E-state index contributed by atoms with van der Waals surface area (Å²) in [6.07, 6.45) is -0.500. The normalized spacial score (nSPS) is 11.0. The van der Waals surface area contributed by atoms with Crippen molar-refractivity contribution in [2.24, 2.45) is 0 Å². The Hall–Kier alpha value is -1.23. The number of carbonyl (C=O) groups excluding carboxylic acids is 1. The van der Waals surface area contributed by atoms with E-state index in [9.17, 15) is 4.79 Å². The van der Waals surface area contributed by atoms with Crippen molar-refractivity contribution in [1.29, 1.82) is 0 Å². The number of hydrogen-bond donors (Lipinski definition) is 1. The molecule has 1 aromatic heterocycles. The number of anilines is 1. The maximum Gasteiger partial charge on any atom is 0.412 e. The first kappa shape index (κ1) is 12.8. The van der Waals surface area contributed by atoms with Gasteiger partial charge in [0, 0.05) is 5.59 Å². The van der Waals surface area contributed by atoms with E-state index < -0.39 is 11.7 Å². The molecule has 0 aliphatic heterocycles. The first-order valence-corrected chi connectivity index (χ1v) is 5.29. The van der Waals surface area contributed by atoms with E-state index in [0.29, 0.717) is 16.4 Å². The third kappa shape index (κ3) is 4.10. The number of halogens is 1. The van der Waals surface area contributed by atoms with Crippen LogP contribution in [0.4, 0.5) is 10.5 Å². The second-order valence-electron chi connectivity index (χ2n) is 4.39. The average Bonchev–Trinajstić information content (AvgIpc) is 2.06. The molecule has 1 rings (SSSR count). The van der Waals surface area contributed by atoms with Gasteiger partial charge in [-0.05, 0) is 32.9 Å². The van der Waals surface area contributed by atoms with Crippen LogP contribution in [0.3, 0.4) is 0 Å². The molecule has 0 bridgehead atoms. The molecule has 86 valence electrons. The highest BCUT2D eigenvalue weighted by molar-refractivity contribution is 6.36. The van der Waals surface area contributed by atoms with Crippen molar-refractivity contribution < 1.29 is 9.53 Å². The van der Waals surface area contributed by atoms with Crippen LogP contribution in [0, 0.1) is 0 Å². The lowest BCUT2D eigenvalue weighted by Crippen LogP contribution is -2.29. The Labute approximate surface area is 101 Å². The molecular formula is C10H14BClN2O2. The number of rotatable bonds is 1. The van der Waals surface area contributed by atoms with Gasteiger partial charge in [-0.3, -0.25) is 5.32 Å². The fraction of sp³-hybridized carbons (Fsp3) is 0.400. The van der Waals surface area contributed by atoms with E-state index in [2.05, 4.69) is 10.3 Å². The molecule has 1 heterocycles. The number of carbonyl (C=O) groups is 1. The highest BCUT2D eigenvalue weighted by Gasteiger charge is 2.16. The lowest BCUT2D eigenvalue weighted by molar-refractivity contribution is 0.0636. The van der Waals surface area contributed by atoms with Crippen LogP contribution in [0.25, 0.3) is 0 Å². The zero-order valence-corrected chi connectivity index (χ0v) is 10.6. The maximum absolute atomic E-state index is 11.5. The molecule has 1 aromatic rings. The monoisotopic (exact) mass is 240 g/mol. The minimum atomic E-state index is -0.516. The Morgan fingerprint density at radius 2 is 2.12 bits per heavy atom. The van der Waals surface area contributed by atoms with Crippen molar-refractivity contribution in [1.82, 2.24) is 4.98 Å². The van der Waals surface area contributed by atoms with Crippen molar-refractivity contribution in [2.45, 2.75) is 26.4 Å². The summed E-state index contributed by atoms with van der Waals surface area (Å²) in [4.78, 5) is 15.5. The number of nitrogens with one attached hydrogen (secondary N) is 1. The summed E-state index contributed by atoms with van der Waals surface area (Å²) in [7, 11) is 1.76. The van der Waals surface area contributed by atoms with Crippen LogP contribution < -0.4 is 10.9 Å². The van der Waals surface area contributed by atoms with Crippen LogP contribution in [0.15, 0.2) is 12.1 Å². The van der Waals surface area contributed by atoms with E-state index in [-0.39, 0.29) is 0 Å². The molecule has 0 radical (unpaired) electrons. The van der Waals surface area contributed by atoms with E-state index in [4.69, 9.17) is 16.3 Å². The summed E-state index contributed by atoms with van der Waals surface area (Å²) in [5, 5.41) is 3.01. The molecule has 0 saturated heterocycles. The van der Waals surface area contributed by atoms with Crippen molar-refractivity contribution >= 4 is 36.8 Å². The van der Waals surface area contributed by atoms with Gasteiger partial charge in [-0.1, -0.05) is 11.6 Å². The Kier molecular flexibility index (Phi) is 3.81. The largest absolute Gasteiger partial charge is 0.444 e. The number of amides is 1. The Morgan fingerprint density at radius 3 is 2.62 bits per heavy atom. The van der Waals surface area contributed by atoms with Crippen molar-refractivity contribution in [3.8, 4) is 0 Å². The number of hydrogen-bond acceptors (Lipinski definition) is 3. The van der Waals surface area contributed by atoms with E-state index >= 15 is 0 Å². The predicted molar refractivity (Wildman–Crippen MR) is 67.3 cm³/mol. The Morgan fingerprint density at radius 1 is 1.50 bits per heavy atom. The van der Waals surface area contributed by atoms with E-state index in [1.165, 1.54) is 0 Å². The standard InChI is InChI=1S/C10H14BClN2O2/c1-10(2,3)16-9(15)13-6-4-5-7(12)14-8(6)11/h4-5H,11H2,1-3H3,(H,13,15). The molecule has 4 nitrogen and oxygen atoms in total. The molecule has 1 amide bonds. The average molecular weight is 240 g/mol. The quantitative estimate of drug-likeness (QED) is 0.595. The van der Waals surface area contributed by atoms with Gasteiger partial charge in [0.2, 0.25) is 0 Å². The van der Waals surface area contributed by atoms with Crippen LogP contribution >= 0.6 is 11.6 Å². The summed E-state index contributed by atoms with van der Waals surface area (Å²) in [5.41, 5.74) is 0.731. The number of ether oxygens (including phenoxy) is 1. The van der Waals surface area contributed by atoms with Crippen LogP contribution in [0.2, 0.25) is 5.15 Å². The van der Waals surface area contributed by atoms with Gasteiger partial charge in [-0.25, -0.2) is 9.78 Å². The van der Waals surface area contributed by atoms with Gasteiger partial charge in [0.05, 0.1) is 5.69 Å². The summed E-state index contributed by atoms with van der Waals surface area (Å²) >= 11 is 5.70. The van der Waals surface area contributed by atoms with Gasteiger partial charge < -0.3 is 4.74 Å².